The van der Waals surface area contributed by atoms with E-state index in [1.807, 2.05) is 0 Å². The van der Waals surface area contributed by atoms with Crippen LogP contribution in [0.5, 0.6) is 0 Å². The maximum atomic E-state index is 10.6. The molecule has 0 aromatic heterocycles. The van der Waals surface area contributed by atoms with Crippen molar-refractivity contribution in [3.05, 3.63) is 0 Å². The molecule has 0 aromatic carbocycles. The molecule has 118 valence electrons. The van der Waals surface area contributed by atoms with Gasteiger partial charge in [-0.15, -0.1) is 23.2 Å². The maximum absolute atomic E-state index is 10.6. The Bertz CT molecular complexity index is 211. The summed E-state index contributed by atoms with van der Waals surface area (Å²) in [4.78, 5) is 19.8. The predicted octanol–water partition coefficient (Wildman–Crippen LogP) is 2.15. The van der Waals surface area contributed by atoms with Gasteiger partial charge in [0.1, 0.15) is 0 Å². The zero-order valence-electron chi connectivity index (χ0n) is 10.9. The summed E-state index contributed by atoms with van der Waals surface area (Å²) in [6.45, 7) is 3.44. The van der Waals surface area contributed by atoms with Crippen molar-refractivity contribution in [1.29, 1.82) is 0 Å². The fourth-order valence-electron chi connectivity index (χ4n) is 0. The zero-order chi connectivity index (χ0) is 16.6. The smallest absolute Gasteiger partial charge is 0.475 e. The Hall–Kier alpha value is -0.730. The van der Waals surface area contributed by atoms with Crippen LogP contribution in [0, 0.1) is 0 Å². The number of carbonyl (C=O) groups excluding carboxylic acids is 1. The predicted molar refractivity (Wildman–Crippen MR) is 67.4 cm³/mol. The Morgan fingerprint density at radius 3 is 1.42 bits per heavy atom. The van der Waals surface area contributed by atoms with E-state index in [4.69, 9.17) is 38.2 Å². The summed E-state index contributed by atoms with van der Waals surface area (Å²) < 4.78 is 31.7. The highest BCUT2D eigenvalue weighted by atomic mass is 35.5. The van der Waals surface area contributed by atoms with Crippen molar-refractivity contribution in [2.75, 3.05) is 19.4 Å². The molecular formula is C9H18Cl2F3NO4. The molecule has 19 heavy (non-hydrogen) atoms. The number of nitrogens with zero attached hydrogens (tertiary/aromatic N) is 1. The second-order valence-electron chi connectivity index (χ2n) is 3.07. The van der Waals surface area contributed by atoms with Crippen molar-refractivity contribution in [3.8, 4) is 0 Å². The standard InChI is InChI=1S/C3H7NO.C3H8O.C2HF3O2.CH2Cl2/c1-4(2)3-5;1-3(2)4;3-2(4,5)1(6)7;2-1-3/h3H,1-2H3;3-4H,1-2H3;(H,6,7);1H2. The van der Waals surface area contributed by atoms with E-state index >= 15 is 0 Å². The minimum atomic E-state index is -5.08. The number of hydrogen-bond donors (Lipinski definition) is 2. The normalized spacial score (nSPS) is 8.79. The number of aliphatic carboxylic acids is 1. The van der Waals surface area contributed by atoms with Crippen molar-refractivity contribution in [2.24, 2.45) is 0 Å². The molecule has 0 aliphatic carbocycles. The molecule has 0 unspecified atom stereocenters. The van der Waals surface area contributed by atoms with Gasteiger partial charge < -0.3 is 15.1 Å². The number of alkyl halides is 5. The van der Waals surface area contributed by atoms with Crippen LogP contribution in [-0.2, 0) is 9.59 Å². The van der Waals surface area contributed by atoms with E-state index in [-0.39, 0.29) is 11.4 Å². The molecule has 0 atom stereocenters. The molecule has 0 saturated heterocycles. The van der Waals surface area contributed by atoms with Gasteiger partial charge >= 0.3 is 12.1 Å². The highest BCUT2D eigenvalue weighted by Gasteiger charge is 2.38. The number of carboxylic acids is 1. The molecule has 0 aromatic rings. The molecule has 0 heterocycles. The molecule has 0 fully saturated rings. The van der Waals surface area contributed by atoms with Gasteiger partial charge in [0.05, 0.1) is 5.34 Å². The monoisotopic (exact) mass is 331 g/mol. The number of aliphatic hydroxyl groups excluding tert-OH is 1. The van der Waals surface area contributed by atoms with Crippen LogP contribution >= 0.6 is 23.2 Å². The summed E-state index contributed by atoms with van der Waals surface area (Å²) in [5.41, 5.74) is 0. The van der Waals surface area contributed by atoms with E-state index in [1.54, 1.807) is 27.9 Å². The minimum Gasteiger partial charge on any atom is -0.475 e. The van der Waals surface area contributed by atoms with Gasteiger partial charge in [0, 0.05) is 20.2 Å². The Kier molecular flexibility index (Phi) is 24.3. The molecule has 1 amide bonds. The van der Waals surface area contributed by atoms with Crippen molar-refractivity contribution in [3.63, 3.8) is 0 Å². The number of amides is 1. The van der Waals surface area contributed by atoms with Gasteiger partial charge in [0.2, 0.25) is 6.41 Å². The molecule has 0 radical (unpaired) electrons. The third-order valence-electron chi connectivity index (χ3n) is 0.453. The lowest BCUT2D eigenvalue weighted by molar-refractivity contribution is -0.192. The average molecular weight is 332 g/mol. The molecule has 0 bridgehead atoms. The Balaban J connectivity index is -0.0000000833. The van der Waals surface area contributed by atoms with Crippen LogP contribution in [-0.4, -0.2) is 59.2 Å². The molecule has 0 aliphatic heterocycles. The van der Waals surface area contributed by atoms with Crippen LogP contribution < -0.4 is 0 Å². The van der Waals surface area contributed by atoms with E-state index in [2.05, 4.69) is 0 Å². The SMILES string of the molecule is CC(C)O.CN(C)C=O.ClCCl.O=C(O)C(F)(F)F. The number of carboxylic acid groups (broad SMARTS) is 1. The first-order valence-corrected chi connectivity index (χ1v) is 5.65. The highest BCUT2D eigenvalue weighted by Crippen LogP contribution is 2.13. The quantitative estimate of drug-likeness (QED) is 0.570. The van der Waals surface area contributed by atoms with E-state index in [9.17, 15) is 18.0 Å². The van der Waals surface area contributed by atoms with E-state index in [0.717, 1.165) is 6.41 Å². The molecule has 0 spiro atoms. The summed E-state index contributed by atoms with van der Waals surface area (Å²) in [6.07, 6.45) is -4.50. The molecule has 10 heteroatoms. The largest absolute Gasteiger partial charge is 0.490 e. The first-order chi connectivity index (χ1) is 8.36. The van der Waals surface area contributed by atoms with Gasteiger partial charge in [-0.1, -0.05) is 0 Å². The summed E-state index contributed by atoms with van der Waals surface area (Å²) in [7, 11) is 3.38. The van der Waals surface area contributed by atoms with Crippen LogP contribution in [0.15, 0.2) is 0 Å². The van der Waals surface area contributed by atoms with Crippen molar-refractivity contribution in [2.45, 2.75) is 26.1 Å². The van der Waals surface area contributed by atoms with E-state index < -0.39 is 12.1 Å². The molecule has 5 nitrogen and oxygen atoms in total. The van der Waals surface area contributed by atoms with Crippen LogP contribution in [0.3, 0.4) is 0 Å². The fraction of sp³-hybridized carbons (Fsp3) is 0.778. The fourth-order valence-corrected chi connectivity index (χ4v) is 0. The Morgan fingerprint density at radius 1 is 1.32 bits per heavy atom. The summed E-state index contributed by atoms with van der Waals surface area (Å²) in [5, 5.41) is 15.4. The number of rotatable bonds is 1. The van der Waals surface area contributed by atoms with Crippen molar-refractivity contribution >= 4 is 35.6 Å². The third-order valence-corrected chi connectivity index (χ3v) is 0.453. The second kappa shape index (κ2) is 17.3. The molecule has 0 saturated carbocycles. The van der Waals surface area contributed by atoms with Gasteiger partial charge in [0.25, 0.3) is 0 Å². The first kappa shape index (κ1) is 26.8. The summed E-state index contributed by atoms with van der Waals surface area (Å²) >= 11 is 9.53. The topological polar surface area (TPSA) is 77.8 Å². The van der Waals surface area contributed by atoms with E-state index in [1.165, 1.54) is 4.90 Å². The summed E-state index contributed by atoms with van der Waals surface area (Å²) in [6, 6.07) is 0. The van der Waals surface area contributed by atoms with Gasteiger partial charge in [-0.2, -0.15) is 13.2 Å². The molecule has 0 rings (SSSR count). The number of aliphatic hydroxyl groups is 1. The maximum Gasteiger partial charge on any atom is 0.490 e. The molecule has 2 N–H and O–H groups in total. The van der Waals surface area contributed by atoms with Crippen molar-refractivity contribution < 1.29 is 33.0 Å². The second-order valence-corrected chi connectivity index (χ2v) is 3.87. The average Bonchev–Trinajstić information content (AvgIpc) is 2.17. The van der Waals surface area contributed by atoms with Crippen LogP contribution in [0.25, 0.3) is 0 Å². The lowest BCUT2D eigenvalue weighted by Gasteiger charge is -1.93. The number of hydrogen-bond acceptors (Lipinski definition) is 3. The lowest BCUT2D eigenvalue weighted by Crippen LogP contribution is -2.21. The van der Waals surface area contributed by atoms with Gasteiger partial charge in [0.15, 0.2) is 0 Å². The van der Waals surface area contributed by atoms with Gasteiger partial charge in [-0.25, -0.2) is 4.79 Å². The lowest BCUT2D eigenvalue weighted by atomic mass is 10.5. The van der Waals surface area contributed by atoms with Gasteiger partial charge in [-0.3, -0.25) is 4.79 Å². The number of carbonyl (C=O) groups is 2. The molecular weight excluding hydrogens is 314 g/mol. The number of halogens is 5. The van der Waals surface area contributed by atoms with Crippen LogP contribution in [0.4, 0.5) is 13.2 Å². The van der Waals surface area contributed by atoms with Crippen LogP contribution in [0.2, 0.25) is 0 Å². The highest BCUT2D eigenvalue weighted by molar-refractivity contribution is 6.40. The summed E-state index contributed by atoms with van der Waals surface area (Å²) in [5.74, 6) is -2.76. The Labute approximate surface area is 119 Å². The third kappa shape index (κ3) is 76.2. The minimum absolute atomic E-state index is 0.167. The zero-order valence-corrected chi connectivity index (χ0v) is 12.4. The van der Waals surface area contributed by atoms with E-state index in [0.29, 0.717) is 0 Å². The van der Waals surface area contributed by atoms with Crippen molar-refractivity contribution in [1.82, 2.24) is 4.90 Å². The van der Waals surface area contributed by atoms with Gasteiger partial charge in [-0.05, 0) is 13.8 Å². The Morgan fingerprint density at radius 2 is 1.42 bits per heavy atom. The van der Waals surface area contributed by atoms with Crippen LogP contribution in [0.1, 0.15) is 13.8 Å². The first-order valence-electron chi connectivity index (χ1n) is 4.58. The molecule has 0 aliphatic rings.